The van der Waals surface area contributed by atoms with E-state index in [0.29, 0.717) is 22.4 Å². The van der Waals surface area contributed by atoms with Crippen LogP contribution < -0.4 is 5.32 Å². The lowest BCUT2D eigenvalue weighted by Gasteiger charge is -2.31. The molecule has 1 aliphatic heterocycles. The van der Waals surface area contributed by atoms with E-state index in [2.05, 4.69) is 5.32 Å². The Kier molecular flexibility index (Phi) is 6.58. The van der Waals surface area contributed by atoms with E-state index in [9.17, 15) is 19.2 Å². The molecule has 7 heteroatoms. The van der Waals surface area contributed by atoms with Gasteiger partial charge in [0.15, 0.2) is 0 Å². The number of hydrogen-bond acceptors (Lipinski definition) is 4. The van der Waals surface area contributed by atoms with Crippen LogP contribution in [0.25, 0.3) is 0 Å². The number of carbonyl (C=O) groups excluding carboxylic acids is 4. The van der Waals surface area contributed by atoms with Crippen LogP contribution in [0, 0.1) is 6.92 Å². The van der Waals surface area contributed by atoms with Crippen LogP contribution in [-0.2, 0) is 4.79 Å². The van der Waals surface area contributed by atoms with Crippen molar-refractivity contribution >= 4 is 29.3 Å². The number of anilines is 1. The monoisotopic (exact) mass is 447 g/mol. The van der Waals surface area contributed by atoms with E-state index in [1.54, 1.807) is 42.5 Å². The third-order valence-electron chi connectivity index (χ3n) is 6.55. The minimum absolute atomic E-state index is 0.00441. The van der Waals surface area contributed by atoms with Gasteiger partial charge in [-0.2, -0.15) is 0 Å². The summed E-state index contributed by atoms with van der Waals surface area (Å²) >= 11 is 0. The fourth-order valence-electron chi connectivity index (χ4n) is 4.58. The topological polar surface area (TPSA) is 86.8 Å². The Morgan fingerprint density at radius 1 is 0.970 bits per heavy atom. The van der Waals surface area contributed by atoms with Gasteiger partial charge in [-0.15, -0.1) is 0 Å². The smallest absolute Gasteiger partial charge is 0.261 e. The first kappa shape index (κ1) is 22.7. The maximum Gasteiger partial charge on any atom is 0.261 e. The Balaban J connectivity index is 1.31. The molecule has 0 unspecified atom stereocenters. The molecule has 0 bridgehead atoms. The molecule has 0 radical (unpaired) electrons. The predicted molar refractivity (Wildman–Crippen MR) is 125 cm³/mol. The van der Waals surface area contributed by atoms with E-state index in [-0.39, 0.29) is 42.6 Å². The summed E-state index contributed by atoms with van der Waals surface area (Å²) in [5.41, 5.74) is 2.82. The first-order chi connectivity index (χ1) is 15.8. The molecular formula is C26H29N3O4. The molecule has 1 N–H and O–H groups in total. The predicted octanol–water partition coefficient (Wildman–Crippen LogP) is 4.02. The van der Waals surface area contributed by atoms with Crippen molar-refractivity contribution in [2.45, 2.75) is 51.5 Å². The largest absolute Gasteiger partial charge is 0.339 e. The molecule has 2 aromatic rings. The van der Waals surface area contributed by atoms with E-state index >= 15 is 0 Å². The van der Waals surface area contributed by atoms with Gasteiger partial charge in [0.05, 0.1) is 11.1 Å². The van der Waals surface area contributed by atoms with Crippen LogP contribution in [-0.4, -0.2) is 53.1 Å². The summed E-state index contributed by atoms with van der Waals surface area (Å²) in [7, 11) is 1.86. The minimum Gasteiger partial charge on any atom is -0.339 e. The molecule has 4 amide bonds. The number of imide groups is 1. The summed E-state index contributed by atoms with van der Waals surface area (Å²) in [6.07, 6.45) is 5.64. The molecule has 0 aromatic heterocycles. The molecular weight excluding hydrogens is 418 g/mol. The average molecular weight is 448 g/mol. The number of rotatable bonds is 6. The maximum absolute atomic E-state index is 12.8. The summed E-state index contributed by atoms with van der Waals surface area (Å²) < 4.78 is 0. The van der Waals surface area contributed by atoms with Crippen LogP contribution in [0.5, 0.6) is 0 Å². The summed E-state index contributed by atoms with van der Waals surface area (Å²) in [6.45, 7) is 1.88. The summed E-state index contributed by atoms with van der Waals surface area (Å²) in [5.74, 6) is -1.05. The number of hydrogen-bond donors (Lipinski definition) is 1. The lowest BCUT2D eigenvalue weighted by molar-refractivity contribution is -0.116. The van der Waals surface area contributed by atoms with Crippen LogP contribution in [0.3, 0.4) is 0 Å². The van der Waals surface area contributed by atoms with Crippen molar-refractivity contribution in [2.75, 3.05) is 18.9 Å². The molecule has 0 spiro atoms. The molecule has 0 atom stereocenters. The van der Waals surface area contributed by atoms with Crippen LogP contribution >= 0.6 is 0 Å². The minimum atomic E-state index is -0.368. The number of amides is 4. The third-order valence-corrected chi connectivity index (χ3v) is 6.55. The average Bonchev–Trinajstić information content (AvgIpc) is 3.06. The van der Waals surface area contributed by atoms with Crippen molar-refractivity contribution in [2.24, 2.45) is 0 Å². The zero-order chi connectivity index (χ0) is 23.5. The van der Waals surface area contributed by atoms with Gasteiger partial charge in [-0.3, -0.25) is 24.1 Å². The van der Waals surface area contributed by atoms with Gasteiger partial charge in [0, 0.05) is 37.3 Å². The van der Waals surface area contributed by atoms with Gasteiger partial charge >= 0.3 is 0 Å². The van der Waals surface area contributed by atoms with E-state index in [4.69, 9.17) is 0 Å². The van der Waals surface area contributed by atoms with Crippen molar-refractivity contribution in [1.82, 2.24) is 9.80 Å². The Morgan fingerprint density at radius 3 is 2.33 bits per heavy atom. The molecule has 7 nitrogen and oxygen atoms in total. The van der Waals surface area contributed by atoms with Crippen molar-refractivity contribution < 1.29 is 19.2 Å². The zero-order valence-electron chi connectivity index (χ0n) is 19.1. The van der Waals surface area contributed by atoms with Crippen molar-refractivity contribution in [3.63, 3.8) is 0 Å². The molecule has 33 heavy (non-hydrogen) atoms. The highest BCUT2D eigenvalue weighted by Crippen LogP contribution is 2.25. The van der Waals surface area contributed by atoms with Gasteiger partial charge in [-0.25, -0.2) is 0 Å². The van der Waals surface area contributed by atoms with Crippen LogP contribution in [0.2, 0.25) is 0 Å². The number of aryl methyl sites for hydroxylation is 1. The highest BCUT2D eigenvalue weighted by atomic mass is 16.2. The number of benzene rings is 2. The van der Waals surface area contributed by atoms with Gasteiger partial charge < -0.3 is 10.2 Å². The van der Waals surface area contributed by atoms with Crippen molar-refractivity contribution in [3.8, 4) is 0 Å². The fourth-order valence-corrected chi connectivity index (χ4v) is 4.58. The Morgan fingerprint density at radius 2 is 1.64 bits per heavy atom. The molecule has 4 rings (SSSR count). The quantitative estimate of drug-likeness (QED) is 0.678. The van der Waals surface area contributed by atoms with Crippen LogP contribution in [0.15, 0.2) is 42.5 Å². The number of fused-ring (bicyclic) bond motifs is 1. The standard InChI is InChI=1S/C26H29N3O4/c1-17-8-13-21-22(16-17)26(33)29(25(21)32)15-14-23(30)27-19-11-9-18(10-12-19)24(31)28(2)20-6-4-3-5-7-20/h8-13,16,20H,3-7,14-15H2,1-2H3,(H,27,30). The Labute approximate surface area is 193 Å². The lowest BCUT2D eigenvalue weighted by Crippen LogP contribution is -2.38. The lowest BCUT2D eigenvalue weighted by atomic mass is 9.94. The van der Waals surface area contributed by atoms with Gasteiger partial charge in [-0.05, 0) is 56.2 Å². The molecule has 2 aromatic carbocycles. The highest BCUT2D eigenvalue weighted by molar-refractivity contribution is 6.21. The van der Waals surface area contributed by atoms with E-state index in [1.165, 1.54) is 6.42 Å². The van der Waals surface area contributed by atoms with Gasteiger partial charge in [-0.1, -0.05) is 30.9 Å². The van der Waals surface area contributed by atoms with Crippen molar-refractivity contribution in [1.29, 1.82) is 0 Å². The second-order valence-electron chi connectivity index (χ2n) is 8.89. The molecule has 1 fully saturated rings. The van der Waals surface area contributed by atoms with Crippen LogP contribution in [0.4, 0.5) is 5.69 Å². The summed E-state index contributed by atoms with van der Waals surface area (Å²) in [6, 6.07) is 12.3. The second kappa shape index (κ2) is 9.57. The number of nitrogens with one attached hydrogen (secondary N) is 1. The highest BCUT2D eigenvalue weighted by Gasteiger charge is 2.35. The Hall–Kier alpha value is -3.48. The summed E-state index contributed by atoms with van der Waals surface area (Å²) in [4.78, 5) is 53.2. The number of nitrogens with zero attached hydrogens (tertiary/aromatic N) is 2. The normalized spacial score (nSPS) is 16.0. The molecule has 172 valence electrons. The SMILES string of the molecule is Cc1ccc2c(c1)C(=O)N(CCC(=O)Nc1ccc(C(=O)N(C)C3CCCCC3)cc1)C2=O. The van der Waals surface area contributed by atoms with Gasteiger partial charge in [0.2, 0.25) is 5.91 Å². The van der Waals surface area contributed by atoms with Gasteiger partial charge in [0.1, 0.15) is 0 Å². The number of carbonyl (C=O) groups is 4. The first-order valence-electron chi connectivity index (χ1n) is 11.5. The van der Waals surface area contributed by atoms with E-state index < -0.39 is 0 Å². The Bertz CT molecular complexity index is 1090. The zero-order valence-corrected chi connectivity index (χ0v) is 19.1. The maximum atomic E-state index is 12.8. The molecule has 0 saturated heterocycles. The van der Waals surface area contributed by atoms with E-state index in [0.717, 1.165) is 36.1 Å². The molecule has 1 saturated carbocycles. The molecule has 1 aliphatic carbocycles. The molecule has 1 heterocycles. The third kappa shape index (κ3) is 4.82. The fraction of sp³-hybridized carbons (Fsp3) is 0.385. The summed E-state index contributed by atoms with van der Waals surface area (Å²) in [5, 5.41) is 2.77. The second-order valence-corrected chi connectivity index (χ2v) is 8.89. The molecule has 2 aliphatic rings. The van der Waals surface area contributed by atoms with Crippen LogP contribution in [0.1, 0.15) is 75.2 Å². The first-order valence-corrected chi connectivity index (χ1v) is 11.5. The van der Waals surface area contributed by atoms with E-state index in [1.807, 2.05) is 18.9 Å². The van der Waals surface area contributed by atoms with Gasteiger partial charge in [0.25, 0.3) is 17.7 Å². The van der Waals surface area contributed by atoms with Crippen molar-refractivity contribution in [3.05, 3.63) is 64.7 Å².